The van der Waals surface area contributed by atoms with Gasteiger partial charge in [0.25, 0.3) is 5.91 Å². The molecule has 0 saturated carbocycles. The molecule has 150 valence electrons. The molecule has 30 heavy (non-hydrogen) atoms. The summed E-state index contributed by atoms with van der Waals surface area (Å²) >= 11 is 1.59. The molecule has 1 N–H and O–H groups in total. The van der Waals surface area contributed by atoms with E-state index >= 15 is 0 Å². The van der Waals surface area contributed by atoms with Crippen molar-refractivity contribution in [2.24, 2.45) is 5.10 Å². The number of nitrogens with one attached hydrogen (secondary N) is 1. The summed E-state index contributed by atoms with van der Waals surface area (Å²) in [6, 6.07) is 21.8. The molecule has 5 nitrogen and oxygen atoms in total. The van der Waals surface area contributed by atoms with Gasteiger partial charge in [0.05, 0.1) is 17.5 Å². The standard InChI is InChI=1S/C24H22N4OS/c1-17(2)22-13-19(16-30-22)24(29)26-25-14-20-15-28(21-11-7-4-8-12-21)27-23(20)18-9-5-3-6-10-18/h3-17H,1-2H3,(H,26,29). The maximum absolute atomic E-state index is 12.4. The fraction of sp³-hybridized carbons (Fsp3) is 0.125. The molecule has 0 bridgehead atoms. The average Bonchev–Trinajstić information content (AvgIpc) is 3.43. The van der Waals surface area contributed by atoms with Crippen LogP contribution < -0.4 is 5.43 Å². The van der Waals surface area contributed by atoms with Gasteiger partial charge in [-0.3, -0.25) is 4.79 Å². The predicted octanol–water partition coefficient (Wildman–Crippen LogP) is 5.49. The number of carbonyl (C=O) groups is 1. The molecule has 2 heterocycles. The Labute approximate surface area is 179 Å². The molecule has 1 amide bonds. The van der Waals surface area contributed by atoms with Crippen molar-refractivity contribution in [1.29, 1.82) is 0 Å². The second-order valence-electron chi connectivity index (χ2n) is 7.17. The van der Waals surface area contributed by atoms with E-state index in [0.29, 0.717) is 11.5 Å². The van der Waals surface area contributed by atoms with E-state index in [-0.39, 0.29) is 5.91 Å². The monoisotopic (exact) mass is 414 g/mol. The Bertz CT molecular complexity index is 1160. The molecular weight excluding hydrogens is 392 g/mol. The summed E-state index contributed by atoms with van der Waals surface area (Å²) in [5.74, 6) is 0.184. The molecule has 0 atom stereocenters. The molecule has 0 spiro atoms. The zero-order valence-electron chi connectivity index (χ0n) is 16.8. The van der Waals surface area contributed by atoms with Gasteiger partial charge in [-0.1, -0.05) is 62.4 Å². The minimum absolute atomic E-state index is 0.217. The smallest absolute Gasteiger partial charge is 0.267 e. The van der Waals surface area contributed by atoms with Crippen LogP contribution in [0.15, 0.2) is 83.4 Å². The Kier molecular flexibility index (Phi) is 5.86. The van der Waals surface area contributed by atoms with E-state index in [1.807, 2.05) is 83.0 Å². The van der Waals surface area contributed by atoms with Crippen molar-refractivity contribution in [1.82, 2.24) is 15.2 Å². The van der Waals surface area contributed by atoms with Gasteiger partial charge in [0, 0.05) is 27.6 Å². The van der Waals surface area contributed by atoms with Gasteiger partial charge in [0.2, 0.25) is 0 Å². The van der Waals surface area contributed by atoms with Gasteiger partial charge < -0.3 is 0 Å². The van der Waals surface area contributed by atoms with Crippen LogP contribution >= 0.6 is 11.3 Å². The summed E-state index contributed by atoms with van der Waals surface area (Å²) in [6.07, 6.45) is 3.55. The third-order valence-electron chi connectivity index (χ3n) is 4.63. The van der Waals surface area contributed by atoms with Gasteiger partial charge in [0.15, 0.2) is 0 Å². The second-order valence-corrected chi connectivity index (χ2v) is 8.11. The SMILES string of the molecule is CC(C)c1cc(C(=O)NN=Cc2cn(-c3ccccc3)nc2-c2ccccc2)cs1. The zero-order valence-corrected chi connectivity index (χ0v) is 17.6. The number of benzene rings is 2. The number of aromatic nitrogens is 2. The van der Waals surface area contributed by atoms with Crippen LogP contribution in [0.5, 0.6) is 0 Å². The Balaban J connectivity index is 1.59. The number of carbonyl (C=O) groups excluding carboxylic acids is 1. The van der Waals surface area contributed by atoms with E-state index in [9.17, 15) is 4.79 Å². The van der Waals surface area contributed by atoms with Gasteiger partial charge in [-0.25, -0.2) is 10.1 Å². The first kappa shape index (κ1) is 19.8. The largest absolute Gasteiger partial charge is 0.272 e. The fourth-order valence-electron chi connectivity index (χ4n) is 3.01. The molecule has 4 rings (SSSR count). The van der Waals surface area contributed by atoms with Gasteiger partial charge in [0.1, 0.15) is 5.69 Å². The van der Waals surface area contributed by atoms with Crippen LogP contribution in [0.3, 0.4) is 0 Å². The number of hydrazone groups is 1. The number of thiophene rings is 1. The zero-order chi connectivity index (χ0) is 20.9. The number of rotatable bonds is 6. The predicted molar refractivity (Wildman–Crippen MR) is 122 cm³/mol. The summed E-state index contributed by atoms with van der Waals surface area (Å²) in [5.41, 5.74) is 6.82. The number of amides is 1. The lowest BCUT2D eigenvalue weighted by Crippen LogP contribution is -2.16. The van der Waals surface area contributed by atoms with Crippen LogP contribution in [0.2, 0.25) is 0 Å². The summed E-state index contributed by atoms with van der Waals surface area (Å²) < 4.78 is 1.82. The van der Waals surface area contributed by atoms with Crippen molar-refractivity contribution in [3.05, 3.63) is 94.3 Å². The Morgan fingerprint density at radius 1 is 1.10 bits per heavy atom. The molecular formula is C24H22N4OS. The van der Waals surface area contributed by atoms with Crippen LogP contribution in [-0.2, 0) is 0 Å². The minimum Gasteiger partial charge on any atom is -0.267 e. The quantitative estimate of drug-likeness (QED) is 0.335. The summed E-state index contributed by atoms with van der Waals surface area (Å²) in [5, 5.41) is 10.8. The van der Waals surface area contributed by atoms with E-state index in [2.05, 4.69) is 24.4 Å². The van der Waals surface area contributed by atoms with Crippen molar-refractivity contribution in [3.63, 3.8) is 0 Å². The molecule has 0 aliphatic rings. The molecule has 0 fully saturated rings. The lowest BCUT2D eigenvalue weighted by molar-refractivity contribution is 0.0955. The Hall–Kier alpha value is -3.51. The van der Waals surface area contributed by atoms with Gasteiger partial charge in [-0.05, 0) is 24.1 Å². The second kappa shape index (κ2) is 8.88. The molecule has 0 radical (unpaired) electrons. The molecule has 0 saturated heterocycles. The van der Waals surface area contributed by atoms with Gasteiger partial charge in [-0.2, -0.15) is 10.2 Å². The topological polar surface area (TPSA) is 59.3 Å². The summed E-state index contributed by atoms with van der Waals surface area (Å²) in [6.45, 7) is 4.22. The highest BCUT2D eigenvalue weighted by molar-refractivity contribution is 7.10. The highest BCUT2D eigenvalue weighted by Gasteiger charge is 2.12. The van der Waals surface area contributed by atoms with Crippen LogP contribution in [0.4, 0.5) is 0 Å². The first-order valence-electron chi connectivity index (χ1n) is 9.74. The molecule has 2 aromatic heterocycles. The van der Waals surface area contributed by atoms with Crippen molar-refractivity contribution >= 4 is 23.5 Å². The lowest BCUT2D eigenvalue weighted by atomic mass is 10.1. The maximum Gasteiger partial charge on any atom is 0.272 e. The van der Waals surface area contributed by atoms with Crippen LogP contribution in [0, 0.1) is 0 Å². The van der Waals surface area contributed by atoms with Crippen molar-refractivity contribution in [3.8, 4) is 16.9 Å². The average molecular weight is 415 g/mol. The van der Waals surface area contributed by atoms with E-state index in [0.717, 1.165) is 22.5 Å². The Morgan fingerprint density at radius 2 is 1.80 bits per heavy atom. The molecule has 2 aromatic carbocycles. The number of hydrogen-bond donors (Lipinski definition) is 1. The van der Waals surface area contributed by atoms with Crippen molar-refractivity contribution in [2.75, 3.05) is 0 Å². The minimum atomic E-state index is -0.217. The van der Waals surface area contributed by atoms with Crippen molar-refractivity contribution in [2.45, 2.75) is 19.8 Å². The summed E-state index contributed by atoms with van der Waals surface area (Å²) in [4.78, 5) is 13.6. The van der Waals surface area contributed by atoms with Crippen LogP contribution in [0.1, 0.15) is 40.6 Å². The molecule has 0 aliphatic heterocycles. The number of nitrogens with zero attached hydrogens (tertiary/aromatic N) is 3. The lowest BCUT2D eigenvalue weighted by Gasteiger charge is -2.00. The normalized spacial score (nSPS) is 11.3. The molecule has 6 heteroatoms. The van der Waals surface area contributed by atoms with Gasteiger partial charge in [-0.15, -0.1) is 11.3 Å². The third kappa shape index (κ3) is 4.39. The highest BCUT2D eigenvalue weighted by Crippen LogP contribution is 2.24. The molecule has 0 aliphatic carbocycles. The van der Waals surface area contributed by atoms with Gasteiger partial charge >= 0.3 is 0 Å². The van der Waals surface area contributed by atoms with Crippen molar-refractivity contribution < 1.29 is 4.79 Å². The van der Waals surface area contributed by atoms with E-state index < -0.39 is 0 Å². The highest BCUT2D eigenvalue weighted by atomic mass is 32.1. The first-order valence-corrected chi connectivity index (χ1v) is 10.6. The summed E-state index contributed by atoms with van der Waals surface area (Å²) in [7, 11) is 0. The fourth-order valence-corrected chi connectivity index (χ4v) is 3.92. The third-order valence-corrected chi connectivity index (χ3v) is 5.86. The Morgan fingerprint density at radius 3 is 2.47 bits per heavy atom. The van der Waals surface area contributed by atoms with E-state index in [1.54, 1.807) is 17.6 Å². The number of hydrogen-bond acceptors (Lipinski definition) is 4. The van der Waals surface area contributed by atoms with E-state index in [1.165, 1.54) is 4.88 Å². The van der Waals surface area contributed by atoms with Crippen LogP contribution in [0.25, 0.3) is 16.9 Å². The van der Waals surface area contributed by atoms with Crippen LogP contribution in [-0.4, -0.2) is 21.9 Å². The number of para-hydroxylation sites is 1. The molecule has 0 unspecified atom stereocenters. The first-order chi connectivity index (χ1) is 14.6. The molecule has 4 aromatic rings. The van der Waals surface area contributed by atoms with E-state index in [4.69, 9.17) is 5.10 Å². The maximum atomic E-state index is 12.4.